The van der Waals surface area contributed by atoms with Gasteiger partial charge < -0.3 is 15.2 Å². The number of hydrogen-bond acceptors (Lipinski definition) is 4. The third-order valence-electron chi connectivity index (χ3n) is 1.93. The third-order valence-corrected chi connectivity index (χ3v) is 1.93. The third kappa shape index (κ3) is 3.79. The topological polar surface area (TPSA) is 68.3 Å². The van der Waals surface area contributed by atoms with Crippen LogP contribution in [0.4, 0.5) is 5.69 Å². The first-order valence-electron chi connectivity index (χ1n) is 5.17. The average molecular weight is 220 g/mol. The van der Waals surface area contributed by atoms with Crippen molar-refractivity contribution in [2.75, 3.05) is 18.9 Å². The molecule has 0 aliphatic carbocycles. The number of nitrogens with two attached hydrogens (primary N) is 1. The van der Waals surface area contributed by atoms with E-state index in [1.165, 1.54) is 0 Å². The Hall–Kier alpha value is -1.73. The second kappa shape index (κ2) is 5.99. The van der Waals surface area contributed by atoms with Crippen molar-refractivity contribution >= 4 is 5.69 Å². The van der Waals surface area contributed by atoms with Gasteiger partial charge in [-0.05, 0) is 32.0 Å². The van der Waals surface area contributed by atoms with E-state index in [4.69, 9.17) is 20.5 Å². The molecule has 0 spiro atoms. The number of nitrogens with zero attached hydrogens (tertiary/aromatic N) is 1. The summed E-state index contributed by atoms with van der Waals surface area (Å²) in [5, 5.41) is 8.66. The second-order valence-corrected chi connectivity index (χ2v) is 3.63. The van der Waals surface area contributed by atoms with Crippen molar-refractivity contribution in [2.24, 2.45) is 0 Å². The summed E-state index contributed by atoms with van der Waals surface area (Å²) in [6.07, 6.45) is 0.196. The van der Waals surface area contributed by atoms with Gasteiger partial charge in [-0.25, -0.2) is 0 Å². The Kier molecular flexibility index (Phi) is 4.62. The molecule has 1 aromatic rings. The zero-order chi connectivity index (χ0) is 12.0. The van der Waals surface area contributed by atoms with Gasteiger partial charge in [0.1, 0.15) is 12.4 Å². The van der Waals surface area contributed by atoms with Crippen LogP contribution in [-0.4, -0.2) is 19.3 Å². The van der Waals surface area contributed by atoms with E-state index in [0.29, 0.717) is 30.2 Å². The van der Waals surface area contributed by atoms with Crippen LogP contribution in [0.25, 0.3) is 0 Å². The monoisotopic (exact) mass is 220 g/mol. The fraction of sp³-hybridized carbons (Fsp3) is 0.417. The Labute approximate surface area is 95.6 Å². The molecule has 2 N–H and O–H groups in total. The van der Waals surface area contributed by atoms with Crippen LogP contribution in [0.15, 0.2) is 18.2 Å². The first kappa shape index (κ1) is 12.3. The summed E-state index contributed by atoms with van der Waals surface area (Å²) < 4.78 is 10.8. The van der Waals surface area contributed by atoms with Crippen LogP contribution in [0.2, 0.25) is 0 Å². The number of nitrogen functional groups attached to an aromatic ring is 1. The standard InChI is InChI=1S/C12H16N2O2/c1-9(2)15-5-6-16-12-4-3-10(8-13)7-11(12)14/h3-4,7,9H,5-6,14H2,1-2H3. The van der Waals surface area contributed by atoms with Crippen molar-refractivity contribution < 1.29 is 9.47 Å². The van der Waals surface area contributed by atoms with E-state index in [2.05, 4.69) is 0 Å². The zero-order valence-corrected chi connectivity index (χ0v) is 9.56. The van der Waals surface area contributed by atoms with Gasteiger partial charge in [-0.15, -0.1) is 0 Å². The summed E-state index contributed by atoms with van der Waals surface area (Å²) in [4.78, 5) is 0. The van der Waals surface area contributed by atoms with Crippen molar-refractivity contribution in [2.45, 2.75) is 20.0 Å². The Balaban J connectivity index is 2.46. The summed E-state index contributed by atoms with van der Waals surface area (Å²) in [6, 6.07) is 6.99. The van der Waals surface area contributed by atoms with Gasteiger partial charge >= 0.3 is 0 Å². The fourth-order valence-electron chi connectivity index (χ4n) is 1.18. The molecule has 0 bridgehead atoms. The van der Waals surface area contributed by atoms with Crippen LogP contribution in [0.1, 0.15) is 19.4 Å². The Morgan fingerprint density at radius 2 is 2.12 bits per heavy atom. The van der Waals surface area contributed by atoms with E-state index in [9.17, 15) is 0 Å². The van der Waals surface area contributed by atoms with Gasteiger partial charge in [0, 0.05) is 0 Å². The maximum atomic E-state index is 8.66. The lowest BCUT2D eigenvalue weighted by Crippen LogP contribution is -2.11. The summed E-state index contributed by atoms with van der Waals surface area (Å²) >= 11 is 0. The lowest BCUT2D eigenvalue weighted by molar-refractivity contribution is 0.0554. The van der Waals surface area contributed by atoms with Gasteiger partial charge in [-0.3, -0.25) is 0 Å². The molecule has 1 rings (SSSR count). The maximum absolute atomic E-state index is 8.66. The molecule has 0 amide bonds. The molecule has 0 aromatic heterocycles. The molecule has 0 aliphatic rings. The summed E-state index contributed by atoms with van der Waals surface area (Å²) in [5.74, 6) is 0.589. The number of ether oxygens (including phenoxy) is 2. The van der Waals surface area contributed by atoms with Crippen molar-refractivity contribution in [3.05, 3.63) is 23.8 Å². The molecule has 0 fully saturated rings. The van der Waals surface area contributed by atoms with Crippen LogP contribution in [-0.2, 0) is 4.74 Å². The average Bonchev–Trinajstić information content (AvgIpc) is 2.25. The highest BCUT2D eigenvalue weighted by molar-refractivity contribution is 5.56. The molecule has 0 unspecified atom stereocenters. The predicted molar refractivity (Wildman–Crippen MR) is 62.2 cm³/mol. The molecule has 0 heterocycles. The molecule has 1 aromatic carbocycles. The van der Waals surface area contributed by atoms with Gasteiger partial charge in [0.25, 0.3) is 0 Å². The molecule has 0 radical (unpaired) electrons. The lowest BCUT2D eigenvalue weighted by Gasteiger charge is -2.10. The van der Waals surface area contributed by atoms with Crippen molar-refractivity contribution in [1.29, 1.82) is 5.26 Å². The Bertz CT molecular complexity index is 383. The minimum absolute atomic E-state index is 0.196. The summed E-state index contributed by atoms with van der Waals surface area (Å²) in [6.45, 7) is 4.91. The highest BCUT2D eigenvalue weighted by Crippen LogP contribution is 2.21. The quantitative estimate of drug-likeness (QED) is 0.608. The van der Waals surface area contributed by atoms with Crippen LogP contribution < -0.4 is 10.5 Å². The van der Waals surface area contributed by atoms with Gasteiger partial charge in [0.05, 0.1) is 30.0 Å². The fourth-order valence-corrected chi connectivity index (χ4v) is 1.18. The first-order valence-corrected chi connectivity index (χ1v) is 5.17. The minimum atomic E-state index is 0.196. The highest BCUT2D eigenvalue weighted by atomic mass is 16.5. The number of hydrogen-bond donors (Lipinski definition) is 1. The minimum Gasteiger partial charge on any atom is -0.489 e. The van der Waals surface area contributed by atoms with Crippen LogP contribution in [0.3, 0.4) is 0 Å². The van der Waals surface area contributed by atoms with Gasteiger partial charge in [0.15, 0.2) is 0 Å². The van der Waals surface area contributed by atoms with Crippen LogP contribution >= 0.6 is 0 Å². The van der Waals surface area contributed by atoms with E-state index >= 15 is 0 Å². The number of anilines is 1. The molecule has 0 aliphatic heterocycles. The smallest absolute Gasteiger partial charge is 0.142 e. The highest BCUT2D eigenvalue weighted by Gasteiger charge is 2.02. The predicted octanol–water partition coefficient (Wildman–Crippen LogP) is 1.94. The molecule has 0 saturated carbocycles. The molecule has 86 valence electrons. The van der Waals surface area contributed by atoms with Crippen LogP contribution in [0, 0.1) is 11.3 Å². The molecule has 0 saturated heterocycles. The zero-order valence-electron chi connectivity index (χ0n) is 9.56. The van der Waals surface area contributed by atoms with E-state index < -0.39 is 0 Å². The normalized spacial score (nSPS) is 10.1. The second-order valence-electron chi connectivity index (χ2n) is 3.63. The van der Waals surface area contributed by atoms with E-state index in [-0.39, 0.29) is 6.10 Å². The largest absolute Gasteiger partial charge is 0.489 e. The lowest BCUT2D eigenvalue weighted by atomic mass is 10.2. The van der Waals surface area contributed by atoms with Gasteiger partial charge in [0.2, 0.25) is 0 Å². The van der Waals surface area contributed by atoms with Crippen LogP contribution in [0.5, 0.6) is 5.75 Å². The molecule has 0 atom stereocenters. The van der Waals surface area contributed by atoms with E-state index in [0.717, 1.165) is 0 Å². The maximum Gasteiger partial charge on any atom is 0.142 e. The summed E-state index contributed by atoms with van der Waals surface area (Å²) in [5.41, 5.74) is 6.73. The van der Waals surface area contributed by atoms with Crippen molar-refractivity contribution in [3.63, 3.8) is 0 Å². The Morgan fingerprint density at radius 1 is 1.38 bits per heavy atom. The number of nitriles is 1. The molecule has 4 nitrogen and oxygen atoms in total. The molecule has 4 heteroatoms. The first-order chi connectivity index (χ1) is 7.63. The summed E-state index contributed by atoms with van der Waals surface area (Å²) in [7, 11) is 0. The number of benzene rings is 1. The van der Waals surface area contributed by atoms with E-state index in [1.807, 2.05) is 19.9 Å². The molecular formula is C12H16N2O2. The van der Waals surface area contributed by atoms with Crippen molar-refractivity contribution in [1.82, 2.24) is 0 Å². The SMILES string of the molecule is CC(C)OCCOc1ccc(C#N)cc1N. The molecule has 16 heavy (non-hydrogen) atoms. The number of rotatable bonds is 5. The molecular weight excluding hydrogens is 204 g/mol. The Morgan fingerprint density at radius 3 is 2.69 bits per heavy atom. The van der Waals surface area contributed by atoms with Crippen molar-refractivity contribution in [3.8, 4) is 11.8 Å². The van der Waals surface area contributed by atoms with Gasteiger partial charge in [-0.1, -0.05) is 0 Å². The van der Waals surface area contributed by atoms with E-state index in [1.54, 1.807) is 18.2 Å². The van der Waals surface area contributed by atoms with Gasteiger partial charge in [-0.2, -0.15) is 5.26 Å².